The SMILES string of the molecule is CS(=O)(=O)c1ccc(NC(=O)c2cccc(-c3csc(NC4CCCC4)n3)c2)cc1. The van der Waals surface area contributed by atoms with E-state index in [2.05, 4.69) is 15.6 Å². The number of nitrogens with one attached hydrogen (secondary N) is 2. The van der Waals surface area contributed by atoms with Crippen LogP contribution in [0.25, 0.3) is 11.3 Å². The average Bonchev–Trinajstić information content (AvgIpc) is 3.40. The first-order valence-corrected chi connectivity index (χ1v) is 12.6. The van der Waals surface area contributed by atoms with Gasteiger partial charge in [0.1, 0.15) is 0 Å². The lowest BCUT2D eigenvalue weighted by Gasteiger charge is -2.09. The molecule has 1 aliphatic carbocycles. The van der Waals surface area contributed by atoms with Gasteiger partial charge in [-0.15, -0.1) is 11.3 Å². The molecule has 1 aliphatic rings. The Bertz CT molecular complexity index is 1150. The molecule has 2 aromatic carbocycles. The standard InChI is InChI=1S/C22H23N3O3S2/c1-30(27,28)19-11-9-18(10-12-19)23-21(26)16-6-4-5-15(13-16)20-14-29-22(25-20)24-17-7-2-3-8-17/h4-6,9-14,17H,2-3,7-8H2,1H3,(H,23,26)(H,24,25). The van der Waals surface area contributed by atoms with Crippen LogP contribution in [0, 0.1) is 0 Å². The van der Waals surface area contributed by atoms with E-state index in [0.717, 1.165) is 22.6 Å². The van der Waals surface area contributed by atoms with Crippen LogP contribution in [-0.2, 0) is 9.84 Å². The van der Waals surface area contributed by atoms with Crippen molar-refractivity contribution in [3.8, 4) is 11.3 Å². The fraction of sp³-hybridized carbons (Fsp3) is 0.273. The minimum Gasteiger partial charge on any atom is -0.359 e. The second-order valence-corrected chi connectivity index (χ2v) is 10.4. The second kappa shape index (κ2) is 8.57. The van der Waals surface area contributed by atoms with Gasteiger partial charge < -0.3 is 10.6 Å². The Morgan fingerprint density at radius 3 is 2.53 bits per heavy atom. The van der Waals surface area contributed by atoms with E-state index in [9.17, 15) is 13.2 Å². The van der Waals surface area contributed by atoms with E-state index >= 15 is 0 Å². The van der Waals surface area contributed by atoms with Crippen molar-refractivity contribution in [2.75, 3.05) is 16.9 Å². The summed E-state index contributed by atoms with van der Waals surface area (Å²) in [6, 6.07) is 14.0. The number of amides is 1. The molecule has 0 aliphatic heterocycles. The highest BCUT2D eigenvalue weighted by Crippen LogP contribution is 2.29. The van der Waals surface area contributed by atoms with Gasteiger partial charge in [-0.3, -0.25) is 4.79 Å². The average molecular weight is 442 g/mol. The fourth-order valence-electron chi connectivity index (χ4n) is 3.53. The first kappa shape index (κ1) is 20.6. The van der Waals surface area contributed by atoms with E-state index in [0.29, 0.717) is 17.3 Å². The zero-order valence-electron chi connectivity index (χ0n) is 16.6. The lowest BCUT2D eigenvalue weighted by atomic mass is 10.1. The Balaban J connectivity index is 1.46. The lowest BCUT2D eigenvalue weighted by Crippen LogP contribution is -2.14. The van der Waals surface area contributed by atoms with E-state index in [1.807, 2.05) is 23.6 Å². The smallest absolute Gasteiger partial charge is 0.255 e. The molecule has 0 saturated heterocycles. The summed E-state index contributed by atoms with van der Waals surface area (Å²) >= 11 is 1.58. The normalized spacial score (nSPS) is 14.6. The van der Waals surface area contributed by atoms with Crippen LogP contribution in [0.2, 0.25) is 0 Å². The maximum Gasteiger partial charge on any atom is 0.255 e. The molecular formula is C22H23N3O3S2. The molecule has 0 spiro atoms. The maximum absolute atomic E-state index is 12.7. The second-order valence-electron chi connectivity index (χ2n) is 7.50. The highest BCUT2D eigenvalue weighted by Gasteiger charge is 2.16. The quantitative estimate of drug-likeness (QED) is 0.573. The highest BCUT2D eigenvalue weighted by molar-refractivity contribution is 7.90. The summed E-state index contributed by atoms with van der Waals surface area (Å²) < 4.78 is 23.1. The summed E-state index contributed by atoms with van der Waals surface area (Å²) in [6.45, 7) is 0. The van der Waals surface area contributed by atoms with Gasteiger partial charge in [-0.25, -0.2) is 13.4 Å². The lowest BCUT2D eigenvalue weighted by molar-refractivity contribution is 0.102. The number of aromatic nitrogens is 1. The number of benzene rings is 2. The van der Waals surface area contributed by atoms with Gasteiger partial charge in [-0.05, 0) is 49.2 Å². The van der Waals surface area contributed by atoms with Crippen molar-refractivity contribution in [2.45, 2.75) is 36.6 Å². The molecule has 3 aromatic rings. The van der Waals surface area contributed by atoms with E-state index < -0.39 is 9.84 Å². The Morgan fingerprint density at radius 2 is 1.83 bits per heavy atom. The molecule has 30 heavy (non-hydrogen) atoms. The Labute approximate surface area is 180 Å². The number of hydrogen-bond acceptors (Lipinski definition) is 6. The summed E-state index contributed by atoms with van der Waals surface area (Å²) in [5, 5.41) is 9.22. The largest absolute Gasteiger partial charge is 0.359 e. The van der Waals surface area contributed by atoms with Crippen molar-refractivity contribution in [2.24, 2.45) is 0 Å². The van der Waals surface area contributed by atoms with Crippen LogP contribution < -0.4 is 10.6 Å². The number of sulfone groups is 1. The van der Waals surface area contributed by atoms with Crippen LogP contribution in [0.4, 0.5) is 10.8 Å². The van der Waals surface area contributed by atoms with Gasteiger partial charge >= 0.3 is 0 Å². The number of carbonyl (C=O) groups excluding carboxylic acids is 1. The topological polar surface area (TPSA) is 88.2 Å². The molecule has 156 valence electrons. The molecule has 4 rings (SSSR count). The number of rotatable bonds is 6. The van der Waals surface area contributed by atoms with Crippen LogP contribution >= 0.6 is 11.3 Å². The number of anilines is 2. The third-order valence-corrected chi connectivity index (χ3v) is 7.05. The van der Waals surface area contributed by atoms with Gasteiger partial charge in [-0.2, -0.15) is 0 Å². The first-order chi connectivity index (χ1) is 14.4. The zero-order valence-corrected chi connectivity index (χ0v) is 18.2. The van der Waals surface area contributed by atoms with Gasteiger partial charge in [0.25, 0.3) is 5.91 Å². The van der Waals surface area contributed by atoms with Crippen LogP contribution in [0.5, 0.6) is 0 Å². The van der Waals surface area contributed by atoms with Crippen molar-refractivity contribution in [3.05, 3.63) is 59.5 Å². The molecule has 1 aromatic heterocycles. The van der Waals surface area contributed by atoms with Gasteiger partial charge in [0, 0.05) is 34.5 Å². The molecule has 0 bridgehead atoms. The van der Waals surface area contributed by atoms with E-state index in [-0.39, 0.29) is 10.8 Å². The fourth-order valence-corrected chi connectivity index (χ4v) is 4.95. The molecule has 1 heterocycles. The summed E-state index contributed by atoms with van der Waals surface area (Å²) in [5.41, 5.74) is 2.77. The minimum absolute atomic E-state index is 0.216. The Morgan fingerprint density at radius 1 is 1.10 bits per heavy atom. The van der Waals surface area contributed by atoms with Crippen LogP contribution in [-0.4, -0.2) is 31.6 Å². The van der Waals surface area contributed by atoms with E-state index in [1.54, 1.807) is 29.5 Å². The van der Waals surface area contributed by atoms with Crippen molar-refractivity contribution >= 4 is 37.9 Å². The number of hydrogen-bond donors (Lipinski definition) is 2. The Hall–Kier alpha value is -2.71. The third-order valence-electron chi connectivity index (χ3n) is 5.15. The van der Waals surface area contributed by atoms with Gasteiger partial charge in [0.15, 0.2) is 15.0 Å². The molecule has 1 fully saturated rings. The monoisotopic (exact) mass is 441 g/mol. The van der Waals surface area contributed by atoms with Crippen LogP contribution in [0.3, 0.4) is 0 Å². The summed E-state index contributed by atoms with van der Waals surface area (Å²) in [4.78, 5) is 17.6. The van der Waals surface area contributed by atoms with Crippen molar-refractivity contribution in [1.82, 2.24) is 4.98 Å². The van der Waals surface area contributed by atoms with Crippen LogP contribution in [0.15, 0.2) is 58.8 Å². The molecular weight excluding hydrogens is 418 g/mol. The number of nitrogens with zero attached hydrogens (tertiary/aromatic N) is 1. The molecule has 0 radical (unpaired) electrons. The molecule has 8 heteroatoms. The van der Waals surface area contributed by atoms with Gasteiger partial charge in [-0.1, -0.05) is 25.0 Å². The predicted octanol–water partition coefficient (Wildman–Crippen LogP) is 4.82. The molecule has 2 N–H and O–H groups in total. The summed E-state index contributed by atoms with van der Waals surface area (Å²) in [6.07, 6.45) is 6.07. The summed E-state index contributed by atoms with van der Waals surface area (Å²) in [5.74, 6) is -0.261. The Kier molecular flexibility index (Phi) is 5.87. The molecule has 1 saturated carbocycles. The molecule has 6 nitrogen and oxygen atoms in total. The molecule has 0 atom stereocenters. The van der Waals surface area contributed by atoms with Crippen LogP contribution in [0.1, 0.15) is 36.0 Å². The first-order valence-electron chi connectivity index (χ1n) is 9.82. The predicted molar refractivity (Wildman–Crippen MR) is 121 cm³/mol. The van der Waals surface area contributed by atoms with E-state index in [1.165, 1.54) is 37.8 Å². The van der Waals surface area contributed by atoms with Gasteiger partial charge in [0.2, 0.25) is 0 Å². The summed E-state index contributed by atoms with van der Waals surface area (Å²) in [7, 11) is -3.27. The van der Waals surface area contributed by atoms with Gasteiger partial charge in [0.05, 0.1) is 10.6 Å². The third kappa shape index (κ3) is 4.88. The van der Waals surface area contributed by atoms with Crippen molar-refractivity contribution in [1.29, 1.82) is 0 Å². The molecule has 0 unspecified atom stereocenters. The maximum atomic E-state index is 12.7. The van der Waals surface area contributed by atoms with E-state index in [4.69, 9.17) is 0 Å². The van der Waals surface area contributed by atoms with Crippen molar-refractivity contribution < 1.29 is 13.2 Å². The molecule has 1 amide bonds. The number of carbonyl (C=O) groups is 1. The minimum atomic E-state index is -3.27. The number of thiazole rings is 1. The highest BCUT2D eigenvalue weighted by atomic mass is 32.2. The zero-order chi connectivity index (χ0) is 21.1. The van der Waals surface area contributed by atoms with Crippen molar-refractivity contribution in [3.63, 3.8) is 0 Å².